The van der Waals surface area contributed by atoms with Crippen LogP contribution < -0.4 is 0 Å². The molecule has 0 aliphatic rings. The van der Waals surface area contributed by atoms with Gasteiger partial charge in [0, 0.05) is 33.3 Å². The zero-order valence-corrected chi connectivity index (χ0v) is 26.4. The van der Waals surface area contributed by atoms with Crippen LogP contribution in [0.3, 0.4) is 0 Å². The van der Waals surface area contributed by atoms with E-state index < -0.39 is 23.5 Å². The third-order valence-corrected chi connectivity index (χ3v) is 9.14. The Morgan fingerprint density at radius 2 is 1.04 bits per heavy atom. The number of aromatic nitrogens is 3. The molecule has 0 aliphatic carbocycles. The molecule has 0 amide bonds. The largest absolute Gasteiger partial charge is 0.416 e. The average molecular weight is 675 g/mol. The summed E-state index contributed by atoms with van der Waals surface area (Å²) in [6.45, 7) is 4.04. The Balaban J connectivity index is 1.47. The van der Waals surface area contributed by atoms with Crippen molar-refractivity contribution in [2.45, 2.75) is 26.2 Å². The van der Waals surface area contributed by atoms with E-state index >= 15 is 0 Å². The first kappa shape index (κ1) is 31.2. The number of nitriles is 1. The maximum absolute atomic E-state index is 13.9. The molecule has 0 saturated heterocycles. The summed E-state index contributed by atoms with van der Waals surface area (Å²) in [5, 5.41) is 12.1. The third-order valence-electron chi connectivity index (χ3n) is 9.14. The molecule has 3 heterocycles. The van der Waals surface area contributed by atoms with E-state index in [0.29, 0.717) is 28.2 Å². The van der Waals surface area contributed by atoms with Gasteiger partial charge >= 0.3 is 12.4 Å². The van der Waals surface area contributed by atoms with E-state index in [0.717, 1.165) is 57.2 Å². The molecule has 8 aromatic rings. The van der Waals surface area contributed by atoms with Gasteiger partial charge in [-0.15, -0.1) is 0 Å². The Morgan fingerprint density at radius 3 is 1.54 bits per heavy atom. The minimum atomic E-state index is -4.71. The molecule has 5 aromatic carbocycles. The summed E-state index contributed by atoms with van der Waals surface area (Å²) in [5.41, 5.74) is 4.95. The van der Waals surface area contributed by atoms with Gasteiger partial charge in [0.2, 0.25) is 0 Å². The SMILES string of the molecule is Cc1ccc2c(c1)c1cc(C)ccc1n2-c1ccc(C#N)cc1-c1ncccc1-n1c2ccc(C(F)(F)F)cc2c2cc(C(F)(F)F)ccc21. The van der Waals surface area contributed by atoms with Crippen molar-refractivity contribution in [3.8, 4) is 28.7 Å². The zero-order valence-electron chi connectivity index (χ0n) is 26.4. The summed E-state index contributed by atoms with van der Waals surface area (Å²) >= 11 is 0. The van der Waals surface area contributed by atoms with Crippen molar-refractivity contribution >= 4 is 43.6 Å². The topological polar surface area (TPSA) is 46.5 Å². The van der Waals surface area contributed by atoms with E-state index in [4.69, 9.17) is 4.98 Å². The Bertz CT molecular complexity index is 2590. The van der Waals surface area contributed by atoms with Gasteiger partial charge < -0.3 is 9.13 Å². The lowest BCUT2D eigenvalue weighted by molar-refractivity contribution is -0.138. The third kappa shape index (κ3) is 4.88. The van der Waals surface area contributed by atoms with E-state index in [1.165, 1.54) is 12.1 Å². The molecule has 8 rings (SSSR count). The molecule has 0 fully saturated rings. The maximum Gasteiger partial charge on any atom is 0.416 e. The monoisotopic (exact) mass is 674 g/mol. The van der Waals surface area contributed by atoms with E-state index in [-0.39, 0.29) is 21.8 Å². The number of fused-ring (bicyclic) bond motifs is 6. The normalized spacial score (nSPS) is 12.4. The Morgan fingerprint density at radius 1 is 0.560 bits per heavy atom. The van der Waals surface area contributed by atoms with E-state index in [1.54, 1.807) is 35.0 Å². The first-order valence-corrected chi connectivity index (χ1v) is 15.6. The second kappa shape index (κ2) is 11.0. The summed E-state index contributed by atoms with van der Waals surface area (Å²) < 4.78 is 87.1. The van der Waals surface area contributed by atoms with E-state index in [1.807, 2.05) is 44.2 Å². The van der Waals surface area contributed by atoms with Crippen LogP contribution >= 0.6 is 0 Å². The lowest BCUT2D eigenvalue weighted by atomic mass is 10.0. The Hall–Kier alpha value is -6.08. The lowest BCUT2D eigenvalue weighted by Crippen LogP contribution is -2.05. The summed E-state index contributed by atoms with van der Waals surface area (Å²) in [7, 11) is 0. The molecule has 0 radical (unpaired) electrons. The van der Waals surface area contributed by atoms with Crippen molar-refractivity contribution in [3.63, 3.8) is 0 Å². The number of alkyl halides is 6. The van der Waals surface area contributed by atoms with Crippen molar-refractivity contribution in [1.29, 1.82) is 5.26 Å². The van der Waals surface area contributed by atoms with Gasteiger partial charge in [-0.1, -0.05) is 23.3 Å². The maximum atomic E-state index is 13.9. The predicted molar refractivity (Wildman–Crippen MR) is 183 cm³/mol. The Labute approximate surface area is 281 Å². The van der Waals surface area contributed by atoms with Gasteiger partial charge in [-0.05, 0) is 105 Å². The van der Waals surface area contributed by atoms with Gasteiger partial charge in [0.25, 0.3) is 0 Å². The highest BCUT2D eigenvalue weighted by Gasteiger charge is 2.33. The summed E-state index contributed by atoms with van der Waals surface area (Å²) in [4.78, 5) is 4.76. The summed E-state index contributed by atoms with van der Waals surface area (Å²) in [5.74, 6) is 0. The minimum Gasteiger partial charge on any atom is -0.309 e. The quantitative estimate of drug-likeness (QED) is 0.175. The van der Waals surface area contributed by atoms with Crippen molar-refractivity contribution in [3.05, 3.63) is 137 Å². The van der Waals surface area contributed by atoms with Gasteiger partial charge in [-0.2, -0.15) is 31.6 Å². The van der Waals surface area contributed by atoms with Crippen LogP contribution in [0.15, 0.2) is 109 Å². The fourth-order valence-corrected chi connectivity index (χ4v) is 6.92. The van der Waals surface area contributed by atoms with Gasteiger partial charge in [-0.3, -0.25) is 4.98 Å². The van der Waals surface area contributed by atoms with Crippen molar-refractivity contribution in [2.24, 2.45) is 0 Å². The second-order valence-electron chi connectivity index (χ2n) is 12.4. The lowest BCUT2D eigenvalue weighted by Gasteiger charge is -2.18. The first-order chi connectivity index (χ1) is 23.8. The standard InChI is InChI=1S/C40H24F6N4/c1-22-5-10-32-27(16-22)28-17-23(2)6-11-33(28)49(32)36-12-7-24(21-47)18-31(36)38-37(4-3-15-48-38)50-34-13-8-25(39(41,42)43)19-29(34)30-20-26(40(44,45)46)9-14-35(30)50/h3-20H,1-2H3. The highest BCUT2D eigenvalue weighted by Crippen LogP contribution is 2.43. The van der Waals surface area contributed by atoms with Crippen molar-refractivity contribution < 1.29 is 26.3 Å². The van der Waals surface area contributed by atoms with Crippen LogP contribution in [-0.4, -0.2) is 14.1 Å². The number of benzene rings is 5. The van der Waals surface area contributed by atoms with Crippen LogP contribution in [0.4, 0.5) is 26.3 Å². The van der Waals surface area contributed by atoms with Gasteiger partial charge in [0.05, 0.1) is 61.9 Å². The van der Waals surface area contributed by atoms with Crippen molar-refractivity contribution in [2.75, 3.05) is 0 Å². The molecule has 0 spiro atoms. The fraction of sp³-hybridized carbons (Fsp3) is 0.100. The molecule has 0 atom stereocenters. The number of halogens is 6. The highest BCUT2D eigenvalue weighted by molar-refractivity contribution is 6.12. The molecule has 4 nitrogen and oxygen atoms in total. The average Bonchev–Trinajstić information content (AvgIpc) is 3.58. The molecule has 10 heteroatoms. The van der Waals surface area contributed by atoms with E-state index in [9.17, 15) is 31.6 Å². The van der Waals surface area contributed by atoms with Crippen LogP contribution in [0, 0.1) is 25.2 Å². The highest BCUT2D eigenvalue weighted by atomic mass is 19.4. The fourth-order valence-electron chi connectivity index (χ4n) is 6.92. The molecule has 0 unspecified atom stereocenters. The van der Waals surface area contributed by atoms with Crippen LogP contribution in [0.1, 0.15) is 27.8 Å². The Kier molecular flexibility index (Phi) is 6.85. The molecule has 0 saturated carbocycles. The number of rotatable bonds is 3. The molecule has 0 aliphatic heterocycles. The first-order valence-electron chi connectivity index (χ1n) is 15.6. The van der Waals surface area contributed by atoms with Gasteiger partial charge in [0.15, 0.2) is 0 Å². The number of aryl methyl sites for hydroxylation is 2. The molecule has 3 aromatic heterocycles. The van der Waals surface area contributed by atoms with Crippen LogP contribution in [0.5, 0.6) is 0 Å². The van der Waals surface area contributed by atoms with E-state index in [2.05, 4.69) is 22.8 Å². The number of nitrogens with zero attached hydrogens (tertiary/aromatic N) is 4. The smallest absolute Gasteiger partial charge is 0.309 e. The second-order valence-corrected chi connectivity index (χ2v) is 12.4. The van der Waals surface area contributed by atoms with Gasteiger partial charge in [-0.25, -0.2) is 0 Å². The predicted octanol–water partition coefficient (Wildman–Crippen LogP) is 11.5. The summed E-state index contributed by atoms with van der Waals surface area (Å²) in [6, 6.07) is 29.3. The number of hydrogen-bond donors (Lipinski definition) is 0. The van der Waals surface area contributed by atoms with Crippen molar-refractivity contribution in [1.82, 2.24) is 14.1 Å². The molecular weight excluding hydrogens is 650 g/mol. The van der Waals surface area contributed by atoms with Crippen LogP contribution in [0.25, 0.3) is 66.2 Å². The molecule has 246 valence electrons. The molecule has 0 N–H and O–H groups in total. The van der Waals surface area contributed by atoms with Crippen LogP contribution in [-0.2, 0) is 12.4 Å². The number of hydrogen-bond acceptors (Lipinski definition) is 2. The zero-order chi connectivity index (χ0) is 35.1. The summed E-state index contributed by atoms with van der Waals surface area (Å²) in [6.07, 6.45) is -7.86. The molecular formula is C40H24F6N4. The number of pyridine rings is 1. The van der Waals surface area contributed by atoms with Gasteiger partial charge in [0.1, 0.15) is 0 Å². The molecule has 0 bridgehead atoms. The molecule has 50 heavy (non-hydrogen) atoms. The van der Waals surface area contributed by atoms with Crippen LogP contribution in [0.2, 0.25) is 0 Å². The minimum absolute atomic E-state index is 0.00913.